The van der Waals surface area contributed by atoms with E-state index < -0.39 is 37.8 Å². The third kappa shape index (κ3) is 7.74. The Morgan fingerprint density at radius 3 is 2.27 bits per heavy atom. The molecule has 0 rings (SSSR count). The van der Waals surface area contributed by atoms with Gasteiger partial charge < -0.3 is 14.7 Å². The number of carbonyl (C=O) groups is 2. The van der Waals surface area contributed by atoms with E-state index in [1.807, 2.05) is 0 Å². The van der Waals surface area contributed by atoms with Gasteiger partial charge in [0.2, 0.25) is 5.91 Å². The van der Waals surface area contributed by atoms with Gasteiger partial charge in [0.1, 0.15) is 19.8 Å². The highest BCUT2D eigenvalue weighted by Gasteiger charge is 2.31. The maximum atomic E-state index is 11.8. The highest BCUT2D eigenvalue weighted by molar-refractivity contribution is 5.77. The summed E-state index contributed by atoms with van der Waals surface area (Å²) < 4.78 is 39.7. The van der Waals surface area contributed by atoms with Crippen LogP contribution in [0.2, 0.25) is 0 Å². The molecule has 0 aromatic heterocycles. The van der Waals surface area contributed by atoms with Crippen LogP contribution in [0.5, 0.6) is 0 Å². The lowest BCUT2D eigenvalue weighted by molar-refractivity contribution is -0.162. The van der Waals surface area contributed by atoms with Crippen molar-refractivity contribution in [3.8, 4) is 0 Å². The highest BCUT2D eigenvalue weighted by Crippen LogP contribution is 2.15. The molecule has 0 unspecified atom stereocenters. The Hall–Kier alpha value is -1.31. The number of halogens is 3. The van der Waals surface area contributed by atoms with E-state index in [4.69, 9.17) is 5.11 Å². The number of ether oxygens (including phenoxy) is 1. The zero-order valence-electron chi connectivity index (χ0n) is 7.87. The van der Waals surface area contributed by atoms with Crippen molar-refractivity contribution in [2.45, 2.75) is 6.18 Å². The van der Waals surface area contributed by atoms with E-state index in [9.17, 15) is 22.8 Å². The van der Waals surface area contributed by atoms with Gasteiger partial charge in [0.25, 0.3) is 0 Å². The fourth-order valence-corrected chi connectivity index (χ4v) is 0.693. The number of alkyl halides is 3. The van der Waals surface area contributed by atoms with Crippen LogP contribution in [0.25, 0.3) is 0 Å². The number of rotatable bonds is 5. The minimum absolute atomic E-state index is 0.419. The first-order chi connectivity index (χ1) is 6.72. The quantitative estimate of drug-likeness (QED) is 0.726. The molecule has 0 spiro atoms. The summed E-state index contributed by atoms with van der Waals surface area (Å²) in [4.78, 5) is 21.3. The molecule has 0 fully saturated rings. The van der Waals surface area contributed by atoms with Gasteiger partial charge in [-0.3, -0.25) is 4.79 Å². The van der Waals surface area contributed by atoms with Crippen LogP contribution in [0.1, 0.15) is 0 Å². The Labute approximate surface area is 83.4 Å². The monoisotopic (exact) mass is 229 g/mol. The Balaban J connectivity index is 3.85. The van der Waals surface area contributed by atoms with E-state index in [1.54, 1.807) is 0 Å². The Kier molecular flexibility index (Phi) is 5.06. The molecule has 0 heterocycles. The molecule has 0 bridgehead atoms. The van der Waals surface area contributed by atoms with E-state index >= 15 is 0 Å². The predicted molar refractivity (Wildman–Crippen MR) is 42.1 cm³/mol. The number of likely N-dealkylation sites (N-methyl/N-ethyl adjacent to an activating group) is 1. The number of hydrogen-bond acceptors (Lipinski definition) is 3. The molecule has 0 aromatic rings. The summed E-state index contributed by atoms with van der Waals surface area (Å²) in [7, 11) is 0.958. The molecular formula is C7H10F3NO4. The molecule has 15 heavy (non-hydrogen) atoms. The van der Waals surface area contributed by atoms with Gasteiger partial charge in [-0.2, -0.15) is 13.2 Å². The molecule has 1 amide bonds. The Morgan fingerprint density at radius 2 is 1.87 bits per heavy atom. The van der Waals surface area contributed by atoms with Crippen LogP contribution in [0.15, 0.2) is 0 Å². The summed E-state index contributed by atoms with van der Waals surface area (Å²) in [5, 5.41) is 8.12. The second-order valence-corrected chi connectivity index (χ2v) is 2.75. The van der Waals surface area contributed by atoms with Gasteiger partial charge in [-0.25, -0.2) is 4.79 Å². The molecule has 1 N–H and O–H groups in total. The van der Waals surface area contributed by atoms with Gasteiger partial charge in [0.15, 0.2) is 0 Å². The second kappa shape index (κ2) is 5.54. The fourth-order valence-electron chi connectivity index (χ4n) is 0.693. The number of hydrogen-bond donors (Lipinski definition) is 1. The third-order valence-electron chi connectivity index (χ3n) is 1.29. The van der Waals surface area contributed by atoms with E-state index in [0.717, 1.165) is 7.05 Å². The third-order valence-corrected chi connectivity index (χ3v) is 1.29. The topological polar surface area (TPSA) is 66.8 Å². The molecule has 0 atom stereocenters. The SMILES string of the molecule is CN(CC(F)(F)F)C(=O)COCC(=O)O. The lowest BCUT2D eigenvalue weighted by Gasteiger charge is -2.18. The van der Waals surface area contributed by atoms with Gasteiger partial charge in [-0.15, -0.1) is 0 Å². The maximum absolute atomic E-state index is 11.8. The average molecular weight is 229 g/mol. The molecular weight excluding hydrogens is 219 g/mol. The standard InChI is InChI=1S/C7H10F3NO4/c1-11(4-7(8,9)10)5(12)2-15-3-6(13)14/h2-4H2,1H3,(H,13,14). The van der Waals surface area contributed by atoms with Crippen LogP contribution in [0.3, 0.4) is 0 Å². The number of nitrogens with zero attached hydrogens (tertiary/aromatic N) is 1. The molecule has 0 aliphatic heterocycles. The van der Waals surface area contributed by atoms with Gasteiger partial charge in [0, 0.05) is 7.05 Å². The van der Waals surface area contributed by atoms with Crippen molar-refractivity contribution in [3.63, 3.8) is 0 Å². The first-order valence-electron chi connectivity index (χ1n) is 3.82. The van der Waals surface area contributed by atoms with Crippen molar-refractivity contribution < 1.29 is 32.6 Å². The van der Waals surface area contributed by atoms with Crippen LogP contribution in [-0.2, 0) is 14.3 Å². The molecule has 8 heteroatoms. The normalized spacial score (nSPS) is 11.2. The summed E-state index contributed by atoms with van der Waals surface area (Å²) in [6.45, 7) is -2.78. The average Bonchev–Trinajstić information content (AvgIpc) is 1.99. The van der Waals surface area contributed by atoms with Crippen LogP contribution in [0.4, 0.5) is 13.2 Å². The van der Waals surface area contributed by atoms with E-state index in [0.29, 0.717) is 4.90 Å². The Morgan fingerprint density at radius 1 is 1.33 bits per heavy atom. The molecule has 0 aliphatic rings. The lowest BCUT2D eigenvalue weighted by atomic mass is 10.5. The fraction of sp³-hybridized carbons (Fsp3) is 0.714. The number of carboxylic acid groups (broad SMARTS) is 1. The van der Waals surface area contributed by atoms with Crippen molar-refractivity contribution in [1.82, 2.24) is 4.90 Å². The molecule has 0 aliphatic carbocycles. The second-order valence-electron chi connectivity index (χ2n) is 2.75. The molecule has 0 radical (unpaired) electrons. The summed E-state index contributed by atoms with van der Waals surface area (Å²) in [5.41, 5.74) is 0. The largest absolute Gasteiger partial charge is 0.480 e. The van der Waals surface area contributed by atoms with Gasteiger partial charge in [-0.1, -0.05) is 0 Å². The van der Waals surface area contributed by atoms with Crippen molar-refractivity contribution in [2.75, 3.05) is 26.8 Å². The predicted octanol–water partition coefficient (Wildman–Crippen LogP) is 0.108. The Bertz CT molecular complexity index is 241. The van der Waals surface area contributed by atoms with Gasteiger partial charge in [-0.05, 0) is 0 Å². The van der Waals surface area contributed by atoms with Gasteiger partial charge in [0.05, 0.1) is 0 Å². The van der Waals surface area contributed by atoms with Crippen molar-refractivity contribution >= 4 is 11.9 Å². The molecule has 0 aromatic carbocycles. The first kappa shape index (κ1) is 13.7. The van der Waals surface area contributed by atoms with Crippen molar-refractivity contribution in [2.24, 2.45) is 0 Å². The number of carbonyl (C=O) groups excluding carboxylic acids is 1. The highest BCUT2D eigenvalue weighted by atomic mass is 19.4. The summed E-state index contributed by atoms with van der Waals surface area (Å²) in [5.74, 6) is -2.21. The smallest absolute Gasteiger partial charge is 0.406 e. The van der Waals surface area contributed by atoms with Crippen LogP contribution in [0, 0.1) is 0 Å². The minimum Gasteiger partial charge on any atom is -0.480 e. The van der Waals surface area contributed by atoms with Crippen molar-refractivity contribution in [3.05, 3.63) is 0 Å². The molecule has 0 saturated heterocycles. The first-order valence-corrected chi connectivity index (χ1v) is 3.82. The van der Waals surface area contributed by atoms with Crippen LogP contribution >= 0.6 is 0 Å². The number of carboxylic acids is 1. The zero-order valence-corrected chi connectivity index (χ0v) is 7.87. The minimum atomic E-state index is -4.47. The summed E-state index contributed by atoms with van der Waals surface area (Å²) in [6.07, 6.45) is -4.47. The lowest BCUT2D eigenvalue weighted by Crippen LogP contribution is -2.38. The van der Waals surface area contributed by atoms with Crippen molar-refractivity contribution in [1.29, 1.82) is 0 Å². The van der Waals surface area contributed by atoms with Gasteiger partial charge >= 0.3 is 12.1 Å². The number of amides is 1. The summed E-state index contributed by atoms with van der Waals surface area (Å²) >= 11 is 0. The van der Waals surface area contributed by atoms with E-state index in [-0.39, 0.29) is 0 Å². The molecule has 88 valence electrons. The summed E-state index contributed by atoms with van der Waals surface area (Å²) in [6, 6.07) is 0. The maximum Gasteiger partial charge on any atom is 0.406 e. The van der Waals surface area contributed by atoms with E-state index in [2.05, 4.69) is 4.74 Å². The molecule has 5 nitrogen and oxygen atoms in total. The zero-order chi connectivity index (χ0) is 12.1. The van der Waals surface area contributed by atoms with Crippen LogP contribution < -0.4 is 0 Å². The van der Waals surface area contributed by atoms with Crippen LogP contribution in [-0.4, -0.2) is 54.9 Å². The van der Waals surface area contributed by atoms with E-state index in [1.165, 1.54) is 0 Å². The number of aliphatic carboxylic acids is 1. The molecule has 0 saturated carbocycles.